The summed E-state index contributed by atoms with van der Waals surface area (Å²) in [4.78, 5) is 1.30. The molecule has 0 bridgehead atoms. The maximum atomic E-state index is 6.21. The average Bonchev–Trinajstić information content (AvgIpc) is 2.39. The van der Waals surface area contributed by atoms with Gasteiger partial charge in [0.2, 0.25) is 0 Å². The molecule has 0 aliphatic rings. The van der Waals surface area contributed by atoms with Crippen molar-refractivity contribution in [3.05, 3.63) is 65.2 Å². The fraction of sp³-hybridized carbons (Fsp3) is 0.294. The summed E-state index contributed by atoms with van der Waals surface area (Å²) in [6, 6.07) is 17.4. The van der Waals surface area contributed by atoms with Crippen LogP contribution in [-0.2, 0) is 6.42 Å². The molecule has 0 fully saturated rings. The lowest BCUT2D eigenvalue weighted by Gasteiger charge is -2.12. The van der Waals surface area contributed by atoms with Crippen molar-refractivity contribution in [1.82, 2.24) is 0 Å². The summed E-state index contributed by atoms with van der Waals surface area (Å²) in [5, 5.41) is 0. The van der Waals surface area contributed by atoms with Gasteiger partial charge in [-0.15, -0.1) is 11.8 Å². The zero-order valence-corrected chi connectivity index (χ0v) is 12.4. The van der Waals surface area contributed by atoms with Gasteiger partial charge in [0.25, 0.3) is 0 Å². The molecule has 0 radical (unpaired) electrons. The highest BCUT2D eigenvalue weighted by atomic mass is 32.2. The minimum atomic E-state index is 0.202. The van der Waals surface area contributed by atoms with E-state index in [-0.39, 0.29) is 6.04 Å². The van der Waals surface area contributed by atoms with Gasteiger partial charge in [-0.25, -0.2) is 0 Å². The summed E-state index contributed by atoms with van der Waals surface area (Å²) in [5.74, 6) is 0.956. The molecule has 1 nitrogen and oxygen atoms in total. The van der Waals surface area contributed by atoms with Crippen molar-refractivity contribution < 1.29 is 0 Å². The maximum Gasteiger partial charge on any atom is 0.0174 e. The highest BCUT2D eigenvalue weighted by Crippen LogP contribution is 2.20. The van der Waals surface area contributed by atoms with E-state index in [0.717, 1.165) is 12.2 Å². The van der Waals surface area contributed by atoms with E-state index in [1.807, 2.05) is 11.8 Å². The summed E-state index contributed by atoms with van der Waals surface area (Å²) in [6.07, 6.45) is 0.944. The number of rotatable bonds is 5. The van der Waals surface area contributed by atoms with Crippen molar-refractivity contribution in [1.29, 1.82) is 0 Å². The summed E-state index contributed by atoms with van der Waals surface area (Å²) in [7, 11) is 0. The van der Waals surface area contributed by atoms with Gasteiger partial charge in [0, 0.05) is 16.7 Å². The van der Waals surface area contributed by atoms with Gasteiger partial charge >= 0.3 is 0 Å². The van der Waals surface area contributed by atoms with Crippen LogP contribution in [0.2, 0.25) is 0 Å². The van der Waals surface area contributed by atoms with Gasteiger partial charge in [-0.2, -0.15) is 0 Å². The van der Waals surface area contributed by atoms with Crippen LogP contribution in [0.15, 0.2) is 53.4 Å². The zero-order valence-electron chi connectivity index (χ0n) is 11.6. The van der Waals surface area contributed by atoms with Crippen LogP contribution in [0.25, 0.3) is 0 Å². The van der Waals surface area contributed by atoms with E-state index in [9.17, 15) is 0 Å². The van der Waals surface area contributed by atoms with Gasteiger partial charge < -0.3 is 5.73 Å². The van der Waals surface area contributed by atoms with Gasteiger partial charge in [0.05, 0.1) is 0 Å². The second kappa shape index (κ2) is 6.78. The molecule has 2 heteroatoms. The van der Waals surface area contributed by atoms with Gasteiger partial charge in [0.1, 0.15) is 0 Å². The van der Waals surface area contributed by atoms with Crippen molar-refractivity contribution in [2.45, 2.75) is 31.2 Å². The second-order valence-corrected chi connectivity index (χ2v) is 6.17. The van der Waals surface area contributed by atoms with Crippen molar-refractivity contribution >= 4 is 11.8 Å². The molecule has 100 valence electrons. The third-order valence-corrected chi connectivity index (χ3v) is 4.25. The Balaban J connectivity index is 1.84. The van der Waals surface area contributed by atoms with E-state index in [1.165, 1.54) is 21.6 Å². The van der Waals surface area contributed by atoms with Gasteiger partial charge in [-0.1, -0.05) is 47.5 Å². The molecule has 2 rings (SSSR count). The molecular weight excluding hydrogens is 250 g/mol. The van der Waals surface area contributed by atoms with Crippen molar-refractivity contribution in [3.63, 3.8) is 0 Å². The topological polar surface area (TPSA) is 26.0 Å². The molecule has 0 saturated heterocycles. The molecule has 2 N–H and O–H groups in total. The number of aryl methyl sites for hydroxylation is 2. The SMILES string of the molecule is Cc1ccc(CC(N)CSc2cccc(C)c2)cc1. The molecule has 2 aromatic carbocycles. The third kappa shape index (κ3) is 4.73. The summed E-state index contributed by atoms with van der Waals surface area (Å²) in [6.45, 7) is 4.23. The monoisotopic (exact) mass is 271 g/mol. The molecule has 1 atom stereocenters. The average molecular weight is 271 g/mol. The van der Waals surface area contributed by atoms with Crippen LogP contribution >= 0.6 is 11.8 Å². The normalized spacial score (nSPS) is 12.4. The van der Waals surface area contributed by atoms with Gasteiger partial charge in [-0.05, 0) is 38.0 Å². The highest BCUT2D eigenvalue weighted by Gasteiger charge is 2.05. The fourth-order valence-corrected chi connectivity index (χ4v) is 2.96. The first-order valence-corrected chi connectivity index (χ1v) is 7.62. The lowest BCUT2D eigenvalue weighted by atomic mass is 10.1. The predicted molar refractivity (Wildman–Crippen MR) is 84.8 cm³/mol. The smallest absolute Gasteiger partial charge is 0.0174 e. The van der Waals surface area contributed by atoms with Crippen LogP contribution < -0.4 is 5.73 Å². The molecule has 2 aromatic rings. The predicted octanol–water partition coefficient (Wildman–Crippen LogP) is 3.97. The van der Waals surface area contributed by atoms with E-state index >= 15 is 0 Å². The molecule has 1 unspecified atom stereocenters. The standard InChI is InChI=1S/C17H21NS/c1-13-6-8-15(9-7-13)11-16(18)12-19-17-5-3-4-14(2)10-17/h3-10,16H,11-12,18H2,1-2H3. The molecule has 19 heavy (non-hydrogen) atoms. The van der Waals surface area contributed by atoms with Crippen LogP contribution in [0.5, 0.6) is 0 Å². The summed E-state index contributed by atoms with van der Waals surface area (Å²) >= 11 is 1.84. The largest absolute Gasteiger partial charge is 0.327 e. The molecule has 0 amide bonds. The van der Waals surface area contributed by atoms with E-state index in [1.54, 1.807) is 0 Å². The fourth-order valence-electron chi connectivity index (χ4n) is 1.99. The Morgan fingerprint density at radius 2 is 1.74 bits per heavy atom. The Hall–Kier alpha value is -1.25. The number of thioether (sulfide) groups is 1. The Bertz CT molecular complexity index is 519. The Morgan fingerprint density at radius 1 is 1.00 bits per heavy atom. The van der Waals surface area contributed by atoms with Crippen LogP contribution in [0, 0.1) is 13.8 Å². The maximum absolute atomic E-state index is 6.21. The highest BCUT2D eigenvalue weighted by molar-refractivity contribution is 7.99. The quantitative estimate of drug-likeness (QED) is 0.833. The summed E-state index contributed by atoms with van der Waals surface area (Å²) in [5.41, 5.74) is 10.1. The minimum absolute atomic E-state index is 0.202. The molecular formula is C17H21NS. The van der Waals surface area contributed by atoms with E-state index in [4.69, 9.17) is 5.73 Å². The number of nitrogens with two attached hydrogens (primary N) is 1. The van der Waals surface area contributed by atoms with E-state index in [2.05, 4.69) is 62.4 Å². The molecule has 0 spiro atoms. The second-order valence-electron chi connectivity index (χ2n) is 5.08. The van der Waals surface area contributed by atoms with Crippen LogP contribution in [0.4, 0.5) is 0 Å². The molecule has 0 aliphatic heterocycles. The molecule has 0 saturated carbocycles. The van der Waals surface area contributed by atoms with Crippen LogP contribution in [0.3, 0.4) is 0 Å². The number of hydrogen-bond acceptors (Lipinski definition) is 2. The van der Waals surface area contributed by atoms with Crippen molar-refractivity contribution in [2.75, 3.05) is 5.75 Å². The minimum Gasteiger partial charge on any atom is -0.327 e. The Labute approximate surface area is 120 Å². The number of hydrogen-bond donors (Lipinski definition) is 1. The first-order valence-electron chi connectivity index (χ1n) is 6.64. The number of benzene rings is 2. The zero-order chi connectivity index (χ0) is 13.7. The Kier molecular flexibility index (Phi) is 5.06. The van der Waals surface area contributed by atoms with Crippen molar-refractivity contribution in [2.24, 2.45) is 5.73 Å². The first-order chi connectivity index (χ1) is 9.13. The van der Waals surface area contributed by atoms with E-state index in [0.29, 0.717) is 0 Å². The van der Waals surface area contributed by atoms with E-state index < -0.39 is 0 Å². The third-order valence-electron chi connectivity index (χ3n) is 3.07. The summed E-state index contributed by atoms with van der Waals surface area (Å²) < 4.78 is 0. The van der Waals surface area contributed by atoms with Gasteiger partial charge in [0.15, 0.2) is 0 Å². The lowest BCUT2D eigenvalue weighted by molar-refractivity contribution is 0.748. The lowest BCUT2D eigenvalue weighted by Crippen LogP contribution is -2.25. The van der Waals surface area contributed by atoms with Gasteiger partial charge in [-0.3, -0.25) is 0 Å². The van der Waals surface area contributed by atoms with Crippen LogP contribution in [0.1, 0.15) is 16.7 Å². The Morgan fingerprint density at radius 3 is 2.42 bits per heavy atom. The molecule has 0 heterocycles. The first kappa shape index (κ1) is 14.2. The molecule has 0 aliphatic carbocycles. The van der Waals surface area contributed by atoms with Crippen LogP contribution in [-0.4, -0.2) is 11.8 Å². The van der Waals surface area contributed by atoms with Crippen molar-refractivity contribution in [3.8, 4) is 0 Å². The molecule has 0 aromatic heterocycles.